The lowest BCUT2D eigenvalue weighted by molar-refractivity contribution is 0.660. The lowest BCUT2D eigenvalue weighted by atomic mass is 9.81. The van der Waals surface area contributed by atoms with E-state index in [2.05, 4.69) is 200 Å². The minimum atomic E-state index is -0.332. The summed E-state index contributed by atoms with van der Waals surface area (Å²) in [6, 6.07) is 46.0. The van der Waals surface area contributed by atoms with Gasteiger partial charge in [0.25, 0.3) is 0 Å². The van der Waals surface area contributed by atoms with E-state index in [4.69, 9.17) is 0 Å². The maximum Gasteiger partial charge on any atom is 0.0543 e. The molecule has 1 aromatic heterocycles. The van der Waals surface area contributed by atoms with Crippen molar-refractivity contribution in [1.82, 2.24) is 4.57 Å². The lowest BCUT2D eigenvalue weighted by Crippen LogP contribution is -2.20. The van der Waals surface area contributed by atoms with Gasteiger partial charge >= 0.3 is 0 Å². The highest BCUT2D eigenvalue weighted by Crippen LogP contribution is 2.55. The third-order valence-corrected chi connectivity index (χ3v) is 11.8. The van der Waals surface area contributed by atoms with Crippen LogP contribution in [0.3, 0.4) is 0 Å². The molecule has 0 aliphatic heterocycles. The van der Waals surface area contributed by atoms with E-state index in [1.165, 1.54) is 38.7 Å². The average Bonchev–Trinajstić information content (AvgIpc) is 3.71. The van der Waals surface area contributed by atoms with E-state index >= 15 is 0 Å². The molecule has 2 aliphatic carbocycles. The lowest BCUT2D eigenvalue weighted by Gasteiger charge is -2.31. The second-order valence-electron chi connectivity index (χ2n) is 15.4. The van der Waals surface area contributed by atoms with Crippen LogP contribution in [0.25, 0.3) is 50.8 Å². The smallest absolute Gasteiger partial charge is 0.0543 e. The number of benzene rings is 6. The number of hydrogen-bond donors (Lipinski definition) is 0. The first-order valence-electron chi connectivity index (χ1n) is 20.1. The Bertz CT molecular complexity index is 2880. The molecule has 9 rings (SSSR count). The Labute approximate surface area is 342 Å². The summed E-state index contributed by atoms with van der Waals surface area (Å²) in [6.45, 7) is 21.9. The number of anilines is 4. The van der Waals surface area contributed by atoms with Crippen molar-refractivity contribution in [3.05, 3.63) is 224 Å². The minimum absolute atomic E-state index is 0.332. The Hall–Kier alpha value is -7.10. The van der Waals surface area contributed by atoms with Gasteiger partial charge in [-0.3, -0.25) is 0 Å². The van der Waals surface area contributed by atoms with Crippen LogP contribution in [-0.2, 0) is 5.41 Å². The number of hydrogen-bond acceptors (Lipinski definition) is 2. The van der Waals surface area contributed by atoms with Gasteiger partial charge in [-0.05, 0) is 126 Å². The van der Waals surface area contributed by atoms with Gasteiger partial charge in [0.2, 0.25) is 0 Å². The van der Waals surface area contributed by atoms with Gasteiger partial charge in [-0.15, -0.1) is 0 Å². The van der Waals surface area contributed by atoms with Crippen LogP contribution in [-0.4, -0.2) is 4.57 Å². The molecule has 0 atom stereocenters. The maximum atomic E-state index is 4.42. The zero-order valence-electron chi connectivity index (χ0n) is 33.3. The van der Waals surface area contributed by atoms with Gasteiger partial charge in [0.05, 0.1) is 16.7 Å². The summed E-state index contributed by atoms with van der Waals surface area (Å²) >= 11 is 0. The number of nitrogens with zero attached hydrogens (tertiary/aromatic N) is 3. The molecule has 2 aliphatic rings. The number of para-hydroxylation sites is 3. The van der Waals surface area contributed by atoms with Crippen molar-refractivity contribution < 1.29 is 0 Å². The minimum Gasteiger partial charge on any atom is -0.311 e. The van der Waals surface area contributed by atoms with Crippen LogP contribution in [0.15, 0.2) is 202 Å². The monoisotopic (exact) mass is 749 g/mol. The Morgan fingerprint density at radius 3 is 2.07 bits per heavy atom. The van der Waals surface area contributed by atoms with Gasteiger partial charge in [0.15, 0.2) is 0 Å². The molecule has 0 amide bonds. The molecule has 3 nitrogen and oxygen atoms in total. The summed E-state index contributed by atoms with van der Waals surface area (Å²) in [5.74, 6) is 0. The van der Waals surface area contributed by atoms with E-state index < -0.39 is 0 Å². The molecule has 282 valence electrons. The van der Waals surface area contributed by atoms with Crippen LogP contribution < -0.4 is 9.80 Å². The first-order chi connectivity index (χ1) is 28.4. The number of fused-ring (bicyclic) bond motifs is 6. The molecular weight excluding hydrogens is 703 g/mol. The topological polar surface area (TPSA) is 11.4 Å². The molecule has 0 bridgehead atoms. The van der Waals surface area contributed by atoms with Crippen LogP contribution in [0.2, 0.25) is 0 Å². The fraction of sp³-hybridized carbons (Fsp3) is 0.0909. The molecule has 0 spiro atoms. The molecule has 7 aromatic rings. The number of rotatable bonds is 11. The van der Waals surface area contributed by atoms with Gasteiger partial charge in [0, 0.05) is 55.9 Å². The van der Waals surface area contributed by atoms with Gasteiger partial charge in [-0.25, -0.2) is 0 Å². The van der Waals surface area contributed by atoms with Gasteiger partial charge < -0.3 is 14.4 Å². The second-order valence-corrected chi connectivity index (χ2v) is 15.4. The summed E-state index contributed by atoms with van der Waals surface area (Å²) in [6.07, 6.45) is 18.7. The molecule has 58 heavy (non-hydrogen) atoms. The molecule has 0 radical (unpaired) electrons. The second kappa shape index (κ2) is 14.8. The normalized spacial score (nSPS) is 14.1. The van der Waals surface area contributed by atoms with Gasteiger partial charge in [0.1, 0.15) is 0 Å². The molecule has 0 saturated heterocycles. The third kappa shape index (κ3) is 5.82. The molecule has 0 N–H and O–H groups in total. The van der Waals surface area contributed by atoms with Crippen LogP contribution in [0.4, 0.5) is 22.7 Å². The molecule has 0 fully saturated rings. The van der Waals surface area contributed by atoms with Gasteiger partial charge in [-0.2, -0.15) is 0 Å². The maximum absolute atomic E-state index is 4.42. The summed E-state index contributed by atoms with van der Waals surface area (Å²) in [5, 5.41) is 2.36. The van der Waals surface area contributed by atoms with Crippen molar-refractivity contribution in [3.8, 4) is 16.8 Å². The van der Waals surface area contributed by atoms with Crippen molar-refractivity contribution >= 4 is 56.7 Å². The predicted molar refractivity (Wildman–Crippen MR) is 251 cm³/mol. The number of aromatic nitrogens is 1. The van der Waals surface area contributed by atoms with Crippen molar-refractivity contribution in [2.24, 2.45) is 0 Å². The van der Waals surface area contributed by atoms with Crippen molar-refractivity contribution in [3.63, 3.8) is 0 Å². The third-order valence-electron chi connectivity index (χ3n) is 11.8. The van der Waals surface area contributed by atoms with Crippen molar-refractivity contribution in [2.45, 2.75) is 32.1 Å². The molecule has 3 heteroatoms. The zero-order chi connectivity index (χ0) is 40.0. The van der Waals surface area contributed by atoms with E-state index in [9.17, 15) is 0 Å². The Morgan fingerprint density at radius 2 is 1.36 bits per heavy atom. The Morgan fingerprint density at radius 1 is 0.655 bits per heavy atom. The Balaban J connectivity index is 1.25. The largest absolute Gasteiger partial charge is 0.311 e. The first-order valence-corrected chi connectivity index (χ1v) is 20.1. The molecular formula is C55H47N3. The first kappa shape index (κ1) is 36.5. The highest BCUT2D eigenvalue weighted by molar-refractivity contribution is 6.11. The molecule has 6 aromatic carbocycles. The summed E-state index contributed by atoms with van der Waals surface area (Å²) in [7, 11) is 0. The predicted octanol–water partition coefficient (Wildman–Crippen LogP) is 15.1. The fourth-order valence-corrected chi connectivity index (χ4v) is 9.18. The molecule has 0 saturated carbocycles. The summed E-state index contributed by atoms with van der Waals surface area (Å²) < 4.78 is 2.35. The van der Waals surface area contributed by atoms with E-state index in [-0.39, 0.29) is 5.41 Å². The highest BCUT2D eigenvalue weighted by atomic mass is 15.2. The van der Waals surface area contributed by atoms with E-state index in [0.717, 1.165) is 69.1 Å². The van der Waals surface area contributed by atoms with E-state index in [1.54, 1.807) is 0 Å². The average molecular weight is 750 g/mol. The van der Waals surface area contributed by atoms with Gasteiger partial charge in [-0.1, -0.05) is 131 Å². The number of allylic oxidation sites excluding steroid dienone is 6. The van der Waals surface area contributed by atoms with Crippen LogP contribution >= 0.6 is 0 Å². The SMILES string of the molecule is C=C/C=C(\C=C)N(c1ccc2c(c1)c1ccccc1n2-c1ccccc1)c1cc2c(c(C=C)c1C=C)-c1ccc(N(C3=CCCC=C3)c3ccccc3)cc1C2(C)C. The quantitative estimate of drug-likeness (QED) is 0.122. The van der Waals surface area contributed by atoms with Crippen LogP contribution in [0.5, 0.6) is 0 Å². The van der Waals surface area contributed by atoms with Crippen molar-refractivity contribution in [2.75, 3.05) is 9.80 Å². The fourth-order valence-electron chi connectivity index (χ4n) is 9.18. The van der Waals surface area contributed by atoms with E-state index in [0.29, 0.717) is 0 Å². The zero-order valence-corrected chi connectivity index (χ0v) is 33.3. The molecule has 0 unspecified atom stereocenters. The molecule has 1 heterocycles. The summed E-state index contributed by atoms with van der Waals surface area (Å²) in [4.78, 5) is 4.68. The highest BCUT2D eigenvalue weighted by Gasteiger charge is 2.39. The Kier molecular flexibility index (Phi) is 9.30. The van der Waals surface area contributed by atoms with Crippen LogP contribution in [0, 0.1) is 0 Å². The van der Waals surface area contributed by atoms with Crippen LogP contribution in [0.1, 0.15) is 48.9 Å². The summed E-state index contributed by atoms with van der Waals surface area (Å²) in [5.41, 5.74) is 16.5. The van der Waals surface area contributed by atoms with Crippen molar-refractivity contribution in [1.29, 1.82) is 0 Å². The van der Waals surface area contributed by atoms with E-state index in [1.807, 2.05) is 30.4 Å². The standard InChI is InChI=1S/C55H47N3/c1-7-22-38(8-2)57(42-32-34-52-48(35-42)46-29-20-21-30-51(46)58(52)41-27-18-13-19-28-41)53-37-50-54(45(10-4)44(53)9-3)47-33-31-43(36-49(47)55(50,5)6)56(39-23-14-11-15-24-39)40-25-16-12-17-26-40/h7-11,13-16,18-37H,1-4,12,17H2,5-6H3/b38-22+.